The first-order chi connectivity index (χ1) is 8.22. The first-order valence-electron chi connectivity index (χ1n) is 6.42. The van der Waals surface area contributed by atoms with Crippen molar-refractivity contribution in [2.75, 3.05) is 11.9 Å². The molecular formula is C14H21F2N. The van der Waals surface area contributed by atoms with Gasteiger partial charge in [0.2, 0.25) is 0 Å². The minimum absolute atomic E-state index is 0.524. The molecule has 0 saturated heterocycles. The van der Waals surface area contributed by atoms with Gasteiger partial charge in [0.15, 0.2) is 0 Å². The van der Waals surface area contributed by atoms with Gasteiger partial charge in [-0.1, -0.05) is 39.0 Å². The van der Waals surface area contributed by atoms with Gasteiger partial charge in [-0.3, -0.25) is 0 Å². The van der Waals surface area contributed by atoms with Crippen LogP contribution in [0.1, 0.15) is 45.4 Å². The van der Waals surface area contributed by atoms with Gasteiger partial charge in [-0.05, 0) is 18.6 Å². The molecule has 1 aromatic carbocycles. The fourth-order valence-corrected chi connectivity index (χ4v) is 1.79. The summed E-state index contributed by atoms with van der Waals surface area (Å²) in [6.45, 7) is 2.97. The fraction of sp³-hybridized carbons (Fsp3) is 0.571. The second kappa shape index (κ2) is 8.04. The second-order valence-electron chi connectivity index (χ2n) is 4.35. The Hall–Kier alpha value is -1.12. The largest absolute Gasteiger partial charge is 0.385 e. The number of anilines is 1. The topological polar surface area (TPSA) is 12.0 Å². The van der Waals surface area contributed by atoms with Crippen LogP contribution in [0.5, 0.6) is 0 Å². The highest BCUT2D eigenvalue weighted by atomic mass is 19.1. The molecule has 0 saturated carbocycles. The molecule has 1 nitrogen and oxygen atoms in total. The number of hydrogen-bond acceptors (Lipinski definition) is 1. The van der Waals surface area contributed by atoms with Crippen molar-refractivity contribution in [1.82, 2.24) is 0 Å². The van der Waals surface area contributed by atoms with E-state index in [4.69, 9.17) is 0 Å². The number of benzene rings is 1. The molecule has 0 amide bonds. The van der Waals surface area contributed by atoms with Crippen LogP contribution in [0.2, 0.25) is 0 Å². The minimum atomic E-state index is -0.532. The van der Waals surface area contributed by atoms with Crippen LogP contribution in [0.25, 0.3) is 0 Å². The summed E-state index contributed by atoms with van der Waals surface area (Å²) in [6.07, 6.45) is 7.29. The molecule has 3 heteroatoms. The molecule has 1 rings (SSSR count). The van der Waals surface area contributed by atoms with E-state index in [-0.39, 0.29) is 0 Å². The van der Waals surface area contributed by atoms with Crippen LogP contribution in [-0.4, -0.2) is 6.54 Å². The van der Waals surface area contributed by atoms with Crippen molar-refractivity contribution in [1.29, 1.82) is 0 Å². The molecular weight excluding hydrogens is 220 g/mol. The van der Waals surface area contributed by atoms with E-state index < -0.39 is 11.6 Å². The first kappa shape index (κ1) is 13.9. The van der Waals surface area contributed by atoms with Crippen LogP contribution >= 0.6 is 0 Å². The molecule has 0 heterocycles. The van der Waals surface area contributed by atoms with Crippen LogP contribution < -0.4 is 5.32 Å². The molecule has 0 radical (unpaired) electrons. The minimum Gasteiger partial charge on any atom is -0.385 e. The standard InChI is InChI=1S/C14H21F2N/c1-2-3-4-5-6-7-8-17-14-10-12(15)9-13(16)11-14/h9-11,17H,2-8H2,1H3. The van der Waals surface area contributed by atoms with Gasteiger partial charge in [0, 0.05) is 18.3 Å². The average Bonchev–Trinajstić information content (AvgIpc) is 2.26. The first-order valence-corrected chi connectivity index (χ1v) is 6.42. The van der Waals surface area contributed by atoms with Crippen molar-refractivity contribution >= 4 is 5.69 Å². The normalized spacial score (nSPS) is 10.5. The molecule has 0 fully saturated rings. The number of rotatable bonds is 8. The van der Waals surface area contributed by atoms with Gasteiger partial charge < -0.3 is 5.32 Å². The third kappa shape index (κ3) is 6.25. The molecule has 17 heavy (non-hydrogen) atoms. The molecule has 1 N–H and O–H groups in total. The van der Waals surface area contributed by atoms with Crippen LogP contribution in [-0.2, 0) is 0 Å². The van der Waals surface area contributed by atoms with Crippen molar-refractivity contribution in [3.63, 3.8) is 0 Å². The molecule has 0 spiro atoms. The van der Waals surface area contributed by atoms with Crippen LogP contribution in [0.3, 0.4) is 0 Å². The fourth-order valence-electron chi connectivity index (χ4n) is 1.79. The van der Waals surface area contributed by atoms with Crippen LogP contribution in [0.4, 0.5) is 14.5 Å². The summed E-state index contributed by atoms with van der Waals surface area (Å²) >= 11 is 0. The zero-order valence-corrected chi connectivity index (χ0v) is 10.4. The van der Waals surface area contributed by atoms with Crippen molar-refractivity contribution in [2.24, 2.45) is 0 Å². The molecule has 1 aromatic rings. The average molecular weight is 241 g/mol. The van der Waals surface area contributed by atoms with Gasteiger partial charge >= 0.3 is 0 Å². The second-order valence-corrected chi connectivity index (χ2v) is 4.35. The van der Waals surface area contributed by atoms with E-state index in [0.29, 0.717) is 5.69 Å². The number of halogens is 2. The Morgan fingerprint density at radius 3 is 2.12 bits per heavy atom. The lowest BCUT2D eigenvalue weighted by atomic mass is 10.1. The van der Waals surface area contributed by atoms with E-state index in [1.807, 2.05) is 0 Å². The maximum Gasteiger partial charge on any atom is 0.128 e. The summed E-state index contributed by atoms with van der Waals surface area (Å²) in [4.78, 5) is 0. The molecule has 0 aliphatic carbocycles. The van der Waals surface area contributed by atoms with Crippen LogP contribution in [0, 0.1) is 11.6 Å². The summed E-state index contributed by atoms with van der Waals surface area (Å²) in [6, 6.07) is 3.52. The summed E-state index contributed by atoms with van der Waals surface area (Å²) in [5, 5.41) is 3.04. The number of nitrogens with one attached hydrogen (secondary N) is 1. The van der Waals surface area contributed by atoms with Gasteiger partial charge in [-0.15, -0.1) is 0 Å². The molecule has 96 valence electrons. The van der Waals surface area contributed by atoms with Gasteiger partial charge in [0.1, 0.15) is 11.6 Å². The summed E-state index contributed by atoms with van der Waals surface area (Å²) in [5.41, 5.74) is 0.524. The van der Waals surface area contributed by atoms with Crippen molar-refractivity contribution in [2.45, 2.75) is 45.4 Å². The highest BCUT2D eigenvalue weighted by molar-refractivity contribution is 5.43. The molecule has 0 aliphatic rings. The molecule has 0 aromatic heterocycles. The SMILES string of the molecule is CCCCCCCCNc1cc(F)cc(F)c1. The summed E-state index contributed by atoms with van der Waals surface area (Å²) in [7, 11) is 0. The maximum atomic E-state index is 12.9. The van der Waals surface area contributed by atoms with Crippen LogP contribution in [0.15, 0.2) is 18.2 Å². The van der Waals surface area contributed by atoms with Gasteiger partial charge in [0.25, 0.3) is 0 Å². The Labute approximate surface area is 102 Å². The molecule has 0 atom stereocenters. The summed E-state index contributed by atoms with van der Waals surface area (Å²) < 4.78 is 25.7. The molecule has 0 aliphatic heterocycles. The quantitative estimate of drug-likeness (QED) is 0.648. The Morgan fingerprint density at radius 1 is 0.882 bits per heavy atom. The zero-order valence-electron chi connectivity index (χ0n) is 10.4. The van der Waals surface area contributed by atoms with Crippen molar-refractivity contribution in [3.8, 4) is 0 Å². The predicted molar refractivity (Wildman–Crippen MR) is 68.2 cm³/mol. The van der Waals surface area contributed by atoms with E-state index in [0.717, 1.165) is 19.0 Å². The Kier molecular flexibility index (Phi) is 6.60. The lowest BCUT2D eigenvalue weighted by molar-refractivity contribution is 0.583. The predicted octanol–water partition coefficient (Wildman–Crippen LogP) is 4.74. The lowest BCUT2D eigenvalue weighted by Gasteiger charge is -2.06. The maximum absolute atomic E-state index is 12.9. The van der Waals surface area contributed by atoms with Crippen molar-refractivity contribution in [3.05, 3.63) is 29.8 Å². The van der Waals surface area contributed by atoms with Gasteiger partial charge in [-0.25, -0.2) is 8.78 Å². The van der Waals surface area contributed by atoms with Gasteiger partial charge in [0.05, 0.1) is 0 Å². The highest BCUT2D eigenvalue weighted by Gasteiger charge is 1.99. The Bertz CT molecular complexity index is 306. The smallest absolute Gasteiger partial charge is 0.128 e. The van der Waals surface area contributed by atoms with E-state index in [1.165, 1.54) is 44.2 Å². The Balaban J connectivity index is 2.13. The van der Waals surface area contributed by atoms with E-state index in [9.17, 15) is 8.78 Å². The Morgan fingerprint density at radius 2 is 1.47 bits per heavy atom. The summed E-state index contributed by atoms with van der Waals surface area (Å²) in [5.74, 6) is -1.06. The zero-order chi connectivity index (χ0) is 12.5. The lowest BCUT2D eigenvalue weighted by Crippen LogP contribution is -2.02. The highest BCUT2D eigenvalue weighted by Crippen LogP contribution is 2.13. The third-order valence-corrected chi connectivity index (χ3v) is 2.72. The van der Waals surface area contributed by atoms with E-state index >= 15 is 0 Å². The monoisotopic (exact) mass is 241 g/mol. The third-order valence-electron chi connectivity index (χ3n) is 2.72. The van der Waals surface area contributed by atoms with E-state index in [1.54, 1.807) is 0 Å². The van der Waals surface area contributed by atoms with Gasteiger partial charge in [-0.2, -0.15) is 0 Å². The molecule has 0 bridgehead atoms. The number of hydrogen-bond donors (Lipinski definition) is 1. The van der Waals surface area contributed by atoms with E-state index in [2.05, 4.69) is 12.2 Å². The number of unbranched alkanes of at least 4 members (excludes halogenated alkanes) is 5. The van der Waals surface area contributed by atoms with Crippen molar-refractivity contribution < 1.29 is 8.78 Å². The molecule has 0 unspecified atom stereocenters.